The maximum atomic E-state index is 11.7. The van der Waals surface area contributed by atoms with Gasteiger partial charge in [-0.2, -0.15) is 36.4 Å². The molecule has 12 heteroatoms. The SMILES string of the molecule is COCCOCCOCCOCc1cc(C)cc([PH+](c2c(OC)cccc2OC)c2c(OC)cccc2OC)c1O.C[PH+](C)C.[Ni].[c-]1ccccc1. The third-order valence-corrected chi connectivity index (χ3v) is 9.90. The van der Waals surface area contributed by atoms with E-state index in [0.29, 0.717) is 68.2 Å². The van der Waals surface area contributed by atoms with Gasteiger partial charge in [-0.1, -0.05) is 12.1 Å². The van der Waals surface area contributed by atoms with Gasteiger partial charge in [0, 0.05) is 49.2 Å². The van der Waals surface area contributed by atoms with E-state index >= 15 is 0 Å². The topological polar surface area (TPSA) is 94.1 Å². The molecule has 0 aromatic heterocycles. The summed E-state index contributed by atoms with van der Waals surface area (Å²) >= 11 is 0. The van der Waals surface area contributed by atoms with Gasteiger partial charge in [-0.05, 0) is 56.8 Å². The minimum absolute atomic E-state index is 0. The first kappa shape index (κ1) is 47.1. The number of ether oxygens (including phenoxy) is 8. The summed E-state index contributed by atoms with van der Waals surface area (Å²) in [5.41, 5.74) is 1.65. The monoisotopic (exact) mass is 801 g/mol. The van der Waals surface area contributed by atoms with E-state index in [-0.39, 0.29) is 36.8 Å². The van der Waals surface area contributed by atoms with Crippen LogP contribution in [0.3, 0.4) is 0 Å². The fourth-order valence-corrected chi connectivity index (χ4v) is 8.14. The third kappa shape index (κ3) is 16.0. The average molecular weight is 803 g/mol. The van der Waals surface area contributed by atoms with E-state index in [9.17, 15) is 5.11 Å². The Kier molecular flexibility index (Phi) is 25.0. The predicted molar refractivity (Wildman–Crippen MR) is 214 cm³/mol. The Morgan fingerprint density at radius 1 is 0.596 bits per heavy atom. The number of rotatable bonds is 18. The normalized spacial score (nSPS) is 10.4. The molecule has 0 aliphatic carbocycles. The van der Waals surface area contributed by atoms with Crippen LogP contribution >= 0.6 is 15.8 Å². The van der Waals surface area contributed by atoms with Crippen molar-refractivity contribution in [2.24, 2.45) is 0 Å². The molecule has 4 aromatic rings. The molecule has 0 saturated heterocycles. The van der Waals surface area contributed by atoms with Gasteiger partial charge < -0.3 is 43.0 Å². The molecule has 0 fully saturated rings. The number of aryl methyl sites for hydroxylation is 1. The molecule has 4 aromatic carbocycles. The fourth-order valence-electron chi connectivity index (χ4n) is 4.85. The molecule has 0 unspecified atom stereocenters. The van der Waals surface area contributed by atoms with Crippen LogP contribution in [-0.2, 0) is 42.0 Å². The Morgan fingerprint density at radius 2 is 1.02 bits per heavy atom. The molecule has 0 aliphatic heterocycles. The quantitative estimate of drug-likeness (QED) is 0.0564. The van der Waals surface area contributed by atoms with Gasteiger partial charge in [-0.3, -0.25) is 0 Å². The van der Waals surface area contributed by atoms with Crippen LogP contribution in [0.1, 0.15) is 11.1 Å². The standard InChI is InChI=1S/C31H41O9P.C6H5.C3H9P.Ni/c1-22-19-23(21-40-18-17-39-16-15-38-14-13-33-2)29(32)28(20-22)41(30-24(34-3)9-7-10-25(30)35-4)31-26(36-5)11-8-12-27(31)37-6;1-2-4-6-5-3-1;1-4(2)3;/h7-12,19-20,32H,13-18,21H2,1-6H3;1-5H;1-3H3;/q;-1;;/p+2. The second-order valence-corrected chi connectivity index (χ2v) is 16.9. The zero-order chi connectivity index (χ0) is 37.4. The molecular weight excluding hydrogens is 745 g/mol. The van der Waals surface area contributed by atoms with E-state index in [2.05, 4.69) is 26.1 Å². The van der Waals surface area contributed by atoms with Crippen LogP contribution < -0.4 is 34.9 Å². The fraction of sp³-hybridized carbons (Fsp3) is 0.400. The summed E-state index contributed by atoms with van der Waals surface area (Å²) in [5.74, 6) is 2.74. The number of hydrogen-bond donors (Lipinski definition) is 1. The zero-order valence-corrected chi connectivity index (χ0v) is 35.0. The van der Waals surface area contributed by atoms with Crippen molar-refractivity contribution in [1.82, 2.24) is 0 Å². The molecule has 290 valence electrons. The van der Waals surface area contributed by atoms with E-state index in [1.807, 2.05) is 85.8 Å². The number of hydrogen-bond acceptors (Lipinski definition) is 9. The van der Waals surface area contributed by atoms with Crippen LogP contribution in [0.15, 0.2) is 78.9 Å². The third-order valence-electron chi connectivity index (χ3n) is 7.00. The van der Waals surface area contributed by atoms with Gasteiger partial charge in [0.25, 0.3) is 0 Å². The summed E-state index contributed by atoms with van der Waals surface area (Å²) in [5, 5.41) is 14.1. The zero-order valence-electron chi connectivity index (χ0n) is 32.0. The molecule has 1 N–H and O–H groups in total. The van der Waals surface area contributed by atoms with E-state index < -0.39 is 7.92 Å². The molecule has 0 amide bonds. The Bertz CT molecular complexity index is 1400. The van der Waals surface area contributed by atoms with E-state index in [1.165, 1.54) is 0 Å². The number of phenols is 1. The van der Waals surface area contributed by atoms with Crippen molar-refractivity contribution in [3.05, 3.63) is 96.1 Å². The maximum absolute atomic E-state index is 11.7. The molecule has 4 rings (SSSR count). The van der Waals surface area contributed by atoms with Crippen LogP contribution in [0.25, 0.3) is 0 Å². The van der Waals surface area contributed by atoms with E-state index in [4.69, 9.17) is 37.9 Å². The van der Waals surface area contributed by atoms with Gasteiger partial charge in [0.05, 0.1) is 74.7 Å². The Hall–Kier alpha value is -2.93. The summed E-state index contributed by atoms with van der Waals surface area (Å²) in [6, 6.07) is 27.8. The van der Waals surface area contributed by atoms with Crippen LogP contribution in [-0.4, -0.2) is 100 Å². The smallest absolute Gasteiger partial charge is 0.185 e. The summed E-state index contributed by atoms with van der Waals surface area (Å²) < 4.78 is 45.1. The molecule has 0 aliphatic rings. The number of aromatic hydroxyl groups is 1. The molecule has 0 saturated carbocycles. The van der Waals surface area contributed by atoms with Crippen LogP contribution in [0, 0.1) is 13.0 Å². The van der Waals surface area contributed by atoms with Crippen LogP contribution in [0.5, 0.6) is 28.7 Å². The maximum Gasteiger partial charge on any atom is 0.185 e. The van der Waals surface area contributed by atoms with Gasteiger partial charge in [-0.15, -0.1) is 0 Å². The minimum atomic E-state index is -2.02. The van der Waals surface area contributed by atoms with Crippen molar-refractivity contribution >= 4 is 31.8 Å². The largest absolute Gasteiger partial charge is 0.504 e. The second-order valence-electron chi connectivity index (χ2n) is 11.6. The van der Waals surface area contributed by atoms with Crippen molar-refractivity contribution in [1.29, 1.82) is 0 Å². The molecular formula is C40H57NiO9P2+. The molecule has 52 heavy (non-hydrogen) atoms. The van der Waals surface area contributed by atoms with E-state index in [0.717, 1.165) is 21.5 Å². The van der Waals surface area contributed by atoms with Gasteiger partial charge in [0.2, 0.25) is 0 Å². The molecule has 9 nitrogen and oxygen atoms in total. The van der Waals surface area contributed by atoms with Crippen molar-refractivity contribution in [2.75, 3.05) is 95.2 Å². The van der Waals surface area contributed by atoms with Crippen molar-refractivity contribution in [2.45, 2.75) is 13.5 Å². The minimum Gasteiger partial charge on any atom is -0.504 e. The van der Waals surface area contributed by atoms with E-state index in [1.54, 1.807) is 35.5 Å². The van der Waals surface area contributed by atoms with Gasteiger partial charge in [0.1, 0.15) is 13.2 Å². The predicted octanol–water partition coefficient (Wildman–Crippen LogP) is 6.00. The summed E-state index contributed by atoms with van der Waals surface area (Å²) in [7, 11) is 6.24. The average Bonchev–Trinajstić information content (AvgIpc) is 3.14. The number of benzene rings is 4. The Morgan fingerprint density at radius 3 is 1.38 bits per heavy atom. The molecule has 0 radical (unpaired) electrons. The molecule has 0 bridgehead atoms. The summed E-state index contributed by atoms with van der Waals surface area (Å²) in [6.45, 7) is 11.9. The first-order chi connectivity index (χ1) is 24.7. The Labute approximate surface area is 323 Å². The molecule has 0 spiro atoms. The summed E-state index contributed by atoms with van der Waals surface area (Å²) in [4.78, 5) is 0. The molecule has 0 atom stereocenters. The Balaban J connectivity index is 0.00000107. The number of methoxy groups -OCH3 is 5. The van der Waals surface area contributed by atoms with Crippen molar-refractivity contribution in [3.63, 3.8) is 0 Å². The number of phenolic OH excluding ortho intramolecular Hbond substituents is 1. The van der Waals surface area contributed by atoms with Gasteiger partial charge >= 0.3 is 0 Å². The molecule has 0 heterocycles. The summed E-state index contributed by atoms with van der Waals surface area (Å²) in [6.07, 6.45) is 0. The van der Waals surface area contributed by atoms with Gasteiger partial charge in [0.15, 0.2) is 39.4 Å². The van der Waals surface area contributed by atoms with Crippen molar-refractivity contribution in [3.8, 4) is 28.7 Å². The first-order valence-corrected chi connectivity index (χ1v) is 21.3. The van der Waals surface area contributed by atoms with Crippen LogP contribution in [0.2, 0.25) is 0 Å². The van der Waals surface area contributed by atoms with Crippen molar-refractivity contribution < 1.29 is 59.5 Å². The van der Waals surface area contributed by atoms with Crippen LogP contribution in [0.4, 0.5) is 0 Å². The van der Waals surface area contributed by atoms with Gasteiger partial charge in [-0.25, -0.2) is 0 Å². The first-order valence-electron chi connectivity index (χ1n) is 16.8. The second kappa shape index (κ2) is 27.6.